The predicted molar refractivity (Wildman–Crippen MR) is 103 cm³/mol. The maximum absolute atomic E-state index is 12.7. The van der Waals surface area contributed by atoms with E-state index in [-0.39, 0.29) is 18.4 Å². The minimum atomic E-state index is -0.0477. The van der Waals surface area contributed by atoms with Gasteiger partial charge >= 0.3 is 0 Å². The summed E-state index contributed by atoms with van der Waals surface area (Å²) < 4.78 is 7.51. The van der Waals surface area contributed by atoms with E-state index in [9.17, 15) is 4.79 Å². The Morgan fingerprint density at radius 3 is 2.89 bits per heavy atom. The molecule has 1 fully saturated rings. The second-order valence-corrected chi connectivity index (χ2v) is 7.45. The Hall–Kier alpha value is -2.97. The molecule has 148 valence electrons. The molecule has 1 aliphatic heterocycles. The molecule has 0 aromatic carbocycles. The average molecular weight is 383 g/mol. The van der Waals surface area contributed by atoms with Crippen molar-refractivity contribution in [3.05, 3.63) is 29.0 Å². The molecule has 0 radical (unpaired) electrons. The minimum absolute atomic E-state index is 0.0425. The molecule has 1 N–H and O–H groups in total. The normalized spacial score (nSPS) is 17.3. The van der Waals surface area contributed by atoms with E-state index in [4.69, 9.17) is 4.74 Å². The van der Waals surface area contributed by atoms with Crippen LogP contribution in [0.2, 0.25) is 0 Å². The number of nitrogens with one attached hydrogen (secondary N) is 1. The SMILES string of the molecule is Cc1cc(C)c2c(OCC(=O)N3CCCC(c4n[nH]c(C)n4)C3)nn(C)c2n1. The van der Waals surface area contributed by atoms with Crippen molar-refractivity contribution in [1.29, 1.82) is 0 Å². The Morgan fingerprint density at radius 2 is 2.14 bits per heavy atom. The van der Waals surface area contributed by atoms with E-state index in [2.05, 4.69) is 25.3 Å². The van der Waals surface area contributed by atoms with Crippen molar-refractivity contribution in [3.8, 4) is 5.88 Å². The summed E-state index contributed by atoms with van der Waals surface area (Å²) in [4.78, 5) is 23.5. The molecule has 1 amide bonds. The number of piperidine rings is 1. The predicted octanol–water partition coefficient (Wildman–Crippen LogP) is 1.80. The number of fused-ring (bicyclic) bond motifs is 1. The van der Waals surface area contributed by atoms with E-state index in [1.165, 1.54) is 0 Å². The van der Waals surface area contributed by atoms with Crippen LogP contribution in [0.25, 0.3) is 11.0 Å². The Labute approximate surface area is 163 Å². The second kappa shape index (κ2) is 7.21. The molecule has 4 heterocycles. The van der Waals surface area contributed by atoms with Gasteiger partial charge < -0.3 is 9.64 Å². The van der Waals surface area contributed by atoms with Crippen LogP contribution in [-0.2, 0) is 11.8 Å². The summed E-state index contributed by atoms with van der Waals surface area (Å²) in [5.41, 5.74) is 2.73. The van der Waals surface area contributed by atoms with Crippen LogP contribution in [0.4, 0.5) is 0 Å². The molecule has 0 spiro atoms. The summed E-state index contributed by atoms with van der Waals surface area (Å²) in [7, 11) is 1.83. The van der Waals surface area contributed by atoms with Crippen molar-refractivity contribution in [3.63, 3.8) is 0 Å². The van der Waals surface area contributed by atoms with Gasteiger partial charge in [-0.3, -0.25) is 9.89 Å². The Kier molecular flexibility index (Phi) is 4.74. The summed E-state index contributed by atoms with van der Waals surface area (Å²) >= 11 is 0. The van der Waals surface area contributed by atoms with Gasteiger partial charge in [-0.05, 0) is 45.2 Å². The molecule has 1 unspecified atom stereocenters. The van der Waals surface area contributed by atoms with Gasteiger partial charge in [-0.2, -0.15) is 5.10 Å². The minimum Gasteiger partial charge on any atom is -0.466 e. The molecule has 4 rings (SSSR count). The average Bonchev–Trinajstić information content (AvgIpc) is 3.23. The highest BCUT2D eigenvalue weighted by molar-refractivity contribution is 5.85. The first kappa shape index (κ1) is 18.4. The maximum atomic E-state index is 12.7. The lowest BCUT2D eigenvalue weighted by molar-refractivity contribution is -0.134. The number of carbonyl (C=O) groups excluding carboxylic acids is 1. The highest BCUT2D eigenvalue weighted by Crippen LogP contribution is 2.28. The first-order valence-corrected chi connectivity index (χ1v) is 9.53. The van der Waals surface area contributed by atoms with E-state index >= 15 is 0 Å². The summed E-state index contributed by atoms with van der Waals surface area (Å²) in [5, 5.41) is 12.4. The van der Waals surface area contributed by atoms with Crippen molar-refractivity contribution in [2.45, 2.75) is 39.5 Å². The van der Waals surface area contributed by atoms with Crippen LogP contribution in [0.5, 0.6) is 5.88 Å². The zero-order valence-corrected chi connectivity index (χ0v) is 16.7. The molecular formula is C19H25N7O2. The van der Waals surface area contributed by atoms with Gasteiger partial charge in [0, 0.05) is 31.7 Å². The number of amides is 1. The first-order valence-electron chi connectivity index (χ1n) is 9.53. The van der Waals surface area contributed by atoms with Crippen molar-refractivity contribution < 1.29 is 9.53 Å². The fourth-order valence-corrected chi connectivity index (χ4v) is 3.83. The maximum Gasteiger partial charge on any atom is 0.260 e. The lowest BCUT2D eigenvalue weighted by Gasteiger charge is -2.31. The van der Waals surface area contributed by atoms with E-state index in [1.807, 2.05) is 38.8 Å². The molecule has 9 heteroatoms. The number of rotatable bonds is 4. The Bertz CT molecular complexity index is 1020. The number of nitrogens with zero attached hydrogens (tertiary/aromatic N) is 6. The number of hydrogen-bond acceptors (Lipinski definition) is 6. The molecule has 0 aliphatic carbocycles. The van der Waals surface area contributed by atoms with Crippen molar-refractivity contribution in [1.82, 2.24) is 34.8 Å². The zero-order chi connectivity index (χ0) is 19.8. The molecule has 3 aromatic rings. The van der Waals surface area contributed by atoms with Gasteiger partial charge in [-0.1, -0.05) is 0 Å². The van der Waals surface area contributed by atoms with E-state index in [1.54, 1.807) is 4.68 Å². The van der Waals surface area contributed by atoms with Crippen LogP contribution in [0.1, 0.15) is 41.7 Å². The third-order valence-electron chi connectivity index (χ3n) is 5.17. The fraction of sp³-hybridized carbons (Fsp3) is 0.526. The molecule has 1 aliphatic rings. The highest BCUT2D eigenvalue weighted by atomic mass is 16.5. The van der Waals surface area contributed by atoms with Crippen LogP contribution >= 0.6 is 0 Å². The van der Waals surface area contributed by atoms with Gasteiger partial charge in [0.15, 0.2) is 18.1 Å². The number of likely N-dealkylation sites (tertiary alicyclic amines) is 1. The molecule has 28 heavy (non-hydrogen) atoms. The van der Waals surface area contributed by atoms with Crippen molar-refractivity contribution in [2.24, 2.45) is 7.05 Å². The molecular weight excluding hydrogens is 358 g/mol. The van der Waals surface area contributed by atoms with Gasteiger partial charge in [0.25, 0.3) is 5.91 Å². The van der Waals surface area contributed by atoms with Gasteiger partial charge in [0.1, 0.15) is 5.82 Å². The highest BCUT2D eigenvalue weighted by Gasteiger charge is 2.27. The largest absolute Gasteiger partial charge is 0.466 e. The third-order valence-corrected chi connectivity index (χ3v) is 5.17. The molecule has 0 saturated carbocycles. The number of hydrogen-bond donors (Lipinski definition) is 1. The number of aromatic nitrogens is 6. The van der Waals surface area contributed by atoms with Crippen LogP contribution in [0.3, 0.4) is 0 Å². The number of H-pyrrole nitrogens is 1. The molecule has 9 nitrogen and oxygen atoms in total. The molecule has 0 bridgehead atoms. The Balaban J connectivity index is 1.45. The number of carbonyl (C=O) groups is 1. The van der Waals surface area contributed by atoms with Gasteiger partial charge in [-0.15, -0.1) is 5.10 Å². The monoisotopic (exact) mass is 383 g/mol. The Morgan fingerprint density at radius 1 is 1.32 bits per heavy atom. The van der Waals surface area contributed by atoms with E-state index in [0.717, 1.165) is 53.3 Å². The molecule has 1 atom stereocenters. The lowest BCUT2D eigenvalue weighted by atomic mass is 9.97. The van der Waals surface area contributed by atoms with Crippen LogP contribution in [-0.4, -0.2) is 60.4 Å². The summed E-state index contributed by atoms with van der Waals surface area (Å²) in [6.45, 7) is 7.13. The van der Waals surface area contributed by atoms with Crippen molar-refractivity contribution >= 4 is 16.9 Å². The van der Waals surface area contributed by atoms with Crippen LogP contribution in [0, 0.1) is 20.8 Å². The van der Waals surface area contributed by atoms with Crippen molar-refractivity contribution in [2.75, 3.05) is 19.7 Å². The molecule has 3 aromatic heterocycles. The number of ether oxygens (including phenoxy) is 1. The second-order valence-electron chi connectivity index (χ2n) is 7.45. The van der Waals surface area contributed by atoms with Gasteiger partial charge in [0.05, 0.1) is 5.39 Å². The van der Waals surface area contributed by atoms with E-state index < -0.39 is 0 Å². The van der Waals surface area contributed by atoms with Crippen LogP contribution in [0.15, 0.2) is 6.07 Å². The third kappa shape index (κ3) is 3.44. The van der Waals surface area contributed by atoms with Gasteiger partial charge in [-0.25, -0.2) is 14.6 Å². The van der Waals surface area contributed by atoms with Crippen LogP contribution < -0.4 is 4.74 Å². The van der Waals surface area contributed by atoms with Gasteiger partial charge in [0.2, 0.25) is 5.88 Å². The van der Waals surface area contributed by atoms with E-state index in [0.29, 0.717) is 12.4 Å². The standard InChI is InChI=1S/C19H25N7O2/c1-11-8-12(2)20-18-16(11)19(24-25(18)4)28-10-15(27)26-7-5-6-14(9-26)17-21-13(3)22-23-17/h8,14H,5-7,9-10H2,1-4H3,(H,21,22,23). The molecule has 1 saturated heterocycles. The summed E-state index contributed by atoms with van der Waals surface area (Å²) in [6.07, 6.45) is 1.91. The lowest BCUT2D eigenvalue weighted by Crippen LogP contribution is -2.41. The number of aromatic amines is 1. The topological polar surface area (TPSA) is 102 Å². The first-order chi connectivity index (χ1) is 13.4. The smallest absolute Gasteiger partial charge is 0.260 e. The fourth-order valence-electron chi connectivity index (χ4n) is 3.83. The number of aryl methyl sites for hydroxylation is 4. The zero-order valence-electron chi connectivity index (χ0n) is 16.7. The quantitative estimate of drug-likeness (QED) is 0.737. The summed E-state index contributed by atoms with van der Waals surface area (Å²) in [6, 6.07) is 1.99. The summed E-state index contributed by atoms with van der Waals surface area (Å²) in [5.74, 6) is 2.14. The number of pyridine rings is 1.